The SMILES string of the molecule is O=C(OCCC(F)(F)C(F)(F)C(F)(F)C(F)(F)C(F)(F)C(F)(F)C(F)(F)C(F)(F)F)C(F)(F)Cl. The van der Waals surface area contributed by atoms with E-state index in [1.54, 1.807) is 0 Å². The van der Waals surface area contributed by atoms with E-state index in [2.05, 4.69) is 16.3 Å². The first-order valence-corrected chi connectivity index (χ1v) is 7.71. The topological polar surface area (TPSA) is 26.3 Å². The summed E-state index contributed by atoms with van der Waals surface area (Å²) >= 11 is 3.96. The predicted molar refractivity (Wildman–Crippen MR) is 67.1 cm³/mol. The second-order valence-corrected chi connectivity index (χ2v) is 6.51. The maximum atomic E-state index is 13.4. The third kappa shape index (κ3) is 4.76. The maximum absolute atomic E-state index is 13.4. The zero-order chi connectivity index (χ0) is 28.2. The van der Waals surface area contributed by atoms with E-state index in [-0.39, 0.29) is 0 Å². The van der Waals surface area contributed by atoms with E-state index >= 15 is 0 Å². The van der Waals surface area contributed by atoms with E-state index in [9.17, 15) is 88.2 Å². The summed E-state index contributed by atoms with van der Waals surface area (Å²) in [6.45, 7) is -2.51. The summed E-state index contributed by atoms with van der Waals surface area (Å²) in [5.41, 5.74) is 0. The van der Waals surface area contributed by atoms with Gasteiger partial charge < -0.3 is 4.74 Å². The Morgan fingerprint density at radius 2 is 0.824 bits per heavy atom. The van der Waals surface area contributed by atoms with Gasteiger partial charge in [-0.1, -0.05) is 0 Å². The van der Waals surface area contributed by atoms with Crippen LogP contribution in [0.3, 0.4) is 0 Å². The number of halogens is 20. The maximum Gasteiger partial charge on any atom is 0.460 e. The van der Waals surface area contributed by atoms with Gasteiger partial charge in [-0.2, -0.15) is 83.4 Å². The van der Waals surface area contributed by atoms with Crippen molar-refractivity contribution in [2.45, 2.75) is 59.4 Å². The minimum atomic E-state index is -8.78. The van der Waals surface area contributed by atoms with E-state index in [1.807, 2.05) is 0 Å². The fourth-order valence-corrected chi connectivity index (χ4v) is 1.76. The van der Waals surface area contributed by atoms with Gasteiger partial charge in [-0.05, 0) is 11.6 Å². The molecule has 0 aromatic heterocycles. The molecule has 0 N–H and O–H groups in total. The van der Waals surface area contributed by atoms with Crippen LogP contribution in [0.5, 0.6) is 0 Å². The Morgan fingerprint density at radius 3 is 1.12 bits per heavy atom. The lowest BCUT2D eigenvalue weighted by Crippen LogP contribution is -2.74. The van der Waals surface area contributed by atoms with Gasteiger partial charge in [0, 0.05) is 0 Å². The van der Waals surface area contributed by atoms with Gasteiger partial charge in [0.1, 0.15) is 0 Å². The van der Waals surface area contributed by atoms with Gasteiger partial charge in [0.2, 0.25) is 0 Å². The molecule has 0 spiro atoms. The predicted octanol–water partition coefficient (Wildman–Crippen LogP) is 6.76. The number of alkyl halides is 20. The molecule has 0 unspecified atom stereocenters. The van der Waals surface area contributed by atoms with Crippen LogP contribution in [0.2, 0.25) is 0 Å². The van der Waals surface area contributed by atoms with Crippen molar-refractivity contribution in [3.05, 3.63) is 0 Å². The normalized spacial score (nSPS) is 16.0. The summed E-state index contributed by atoms with van der Waals surface area (Å²) in [6, 6.07) is 0. The van der Waals surface area contributed by atoms with Crippen LogP contribution in [-0.2, 0) is 9.53 Å². The minimum Gasteiger partial charge on any atom is -0.460 e. The third-order valence-corrected chi connectivity index (χ3v) is 3.82. The Labute approximate surface area is 177 Å². The first-order valence-electron chi connectivity index (χ1n) is 7.33. The summed E-state index contributed by atoms with van der Waals surface area (Å²) < 4.78 is 248. The molecule has 0 amide bonds. The zero-order valence-corrected chi connectivity index (χ0v) is 15.5. The zero-order valence-electron chi connectivity index (χ0n) is 14.8. The number of hydrogen-bond donors (Lipinski definition) is 0. The van der Waals surface area contributed by atoms with Crippen molar-refractivity contribution in [2.24, 2.45) is 0 Å². The van der Waals surface area contributed by atoms with Gasteiger partial charge in [-0.25, -0.2) is 4.79 Å². The summed E-state index contributed by atoms with van der Waals surface area (Å²) in [4.78, 5) is 10.4. The highest BCUT2D eigenvalue weighted by Gasteiger charge is 2.95. The number of rotatable bonds is 10. The summed E-state index contributed by atoms with van der Waals surface area (Å²) in [5.74, 6) is -60.9. The van der Waals surface area contributed by atoms with Gasteiger partial charge >= 0.3 is 59.0 Å². The molecule has 0 saturated heterocycles. The Bertz CT molecular complexity index is 749. The monoisotopic (exact) mass is 576 g/mol. The van der Waals surface area contributed by atoms with Gasteiger partial charge in [0.05, 0.1) is 13.0 Å². The van der Waals surface area contributed by atoms with Crippen molar-refractivity contribution < 1.29 is 92.9 Å². The quantitative estimate of drug-likeness (QED) is 0.163. The Hall–Kier alpha value is -1.57. The number of carbonyl (C=O) groups is 1. The lowest BCUT2D eigenvalue weighted by atomic mass is 9.88. The second kappa shape index (κ2) is 8.52. The van der Waals surface area contributed by atoms with E-state index < -0.39 is 72.0 Å². The van der Waals surface area contributed by atoms with Gasteiger partial charge in [0.25, 0.3) is 0 Å². The average molecular weight is 577 g/mol. The van der Waals surface area contributed by atoms with Crippen molar-refractivity contribution in [1.82, 2.24) is 0 Å². The molecule has 0 rings (SSSR count). The summed E-state index contributed by atoms with van der Waals surface area (Å²) in [6.07, 6.45) is -11.1. The van der Waals surface area contributed by atoms with E-state index in [0.717, 1.165) is 0 Å². The van der Waals surface area contributed by atoms with Gasteiger partial charge in [-0.15, -0.1) is 0 Å². The molecule has 0 aliphatic heterocycles. The average Bonchev–Trinajstić information content (AvgIpc) is 2.58. The van der Waals surface area contributed by atoms with Crippen LogP contribution in [0.4, 0.5) is 83.4 Å². The molecule has 0 bridgehead atoms. The molecule has 0 fully saturated rings. The van der Waals surface area contributed by atoms with Crippen LogP contribution in [0.25, 0.3) is 0 Å². The number of carbonyl (C=O) groups excluding carboxylic acids is 1. The fraction of sp³-hybridized carbons (Fsp3) is 0.917. The molecule has 204 valence electrons. The Morgan fingerprint density at radius 1 is 0.529 bits per heavy atom. The van der Waals surface area contributed by atoms with Crippen LogP contribution < -0.4 is 0 Å². The first-order chi connectivity index (χ1) is 14.4. The van der Waals surface area contributed by atoms with Crippen LogP contribution in [0.15, 0.2) is 0 Å². The van der Waals surface area contributed by atoms with Crippen molar-refractivity contribution in [3.63, 3.8) is 0 Å². The third-order valence-electron chi connectivity index (χ3n) is 3.67. The van der Waals surface area contributed by atoms with Crippen molar-refractivity contribution in [3.8, 4) is 0 Å². The molecule has 0 radical (unpaired) electrons. The highest BCUT2D eigenvalue weighted by Crippen LogP contribution is 2.64. The van der Waals surface area contributed by atoms with Crippen molar-refractivity contribution in [1.29, 1.82) is 0 Å². The smallest absolute Gasteiger partial charge is 0.460 e. The molecule has 0 atom stereocenters. The molecule has 0 aromatic carbocycles. The molecule has 0 saturated carbocycles. The lowest BCUT2D eigenvalue weighted by molar-refractivity contribution is -0.461. The highest BCUT2D eigenvalue weighted by molar-refractivity contribution is 6.31. The minimum absolute atomic E-state index is 2.51. The van der Waals surface area contributed by atoms with E-state index in [1.165, 1.54) is 0 Å². The molecular weight excluding hydrogens is 573 g/mol. The molecule has 34 heavy (non-hydrogen) atoms. The first kappa shape index (κ1) is 32.4. The molecular formula is C12H4ClF19O2. The van der Waals surface area contributed by atoms with Crippen LogP contribution in [0.1, 0.15) is 6.42 Å². The van der Waals surface area contributed by atoms with Crippen molar-refractivity contribution >= 4 is 17.6 Å². The fourth-order valence-electron chi connectivity index (χ4n) is 1.71. The van der Waals surface area contributed by atoms with Gasteiger partial charge in [-0.3, -0.25) is 0 Å². The second-order valence-electron chi connectivity index (χ2n) is 6.03. The largest absolute Gasteiger partial charge is 0.460 e. The van der Waals surface area contributed by atoms with Crippen LogP contribution in [-0.4, -0.2) is 65.6 Å². The molecule has 22 heteroatoms. The molecule has 2 nitrogen and oxygen atoms in total. The molecule has 0 aliphatic carbocycles. The Balaban J connectivity index is 6.32. The van der Waals surface area contributed by atoms with Crippen molar-refractivity contribution in [2.75, 3.05) is 6.61 Å². The van der Waals surface area contributed by atoms with Gasteiger partial charge in [0.15, 0.2) is 0 Å². The number of hydrogen-bond acceptors (Lipinski definition) is 2. The molecule has 0 aromatic rings. The highest BCUT2D eigenvalue weighted by atomic mass is 35.5. The summed E-state index contributed by atoms with van der Waals surface area (Å²) in [7, 11) is 0. The number of esters is 1. The standard InChI is InChI=1S/C12H4ClF19O2/c13-5(16,17)3(33)34-2-1-4(14,15)6(18,19)7(20,21)8(22,23)9(24,25)10(26,27)11(28,29)12(30,31)32/h1-2H2. The number of ether oxygens (including phenoxy) is 1. The summed E-state index contributed by atoms with van der Waals surface area (Å²) in [5, 5.41) is -5.04. The Kier molecular flexibility index (Phi) is 8.13. The lowest BCUT2D eigenvalue weighted by Gasteiger charge is -2.42. The molecule has 0 aliphatic rings. The van der Waals surface area contributed by atoms with Crippen LogP contribution >= 0.6 is 11.6 Å². The van der Waals surface area contributed by atoms with E-state index in [0.29, 0.717) is 0 Å². The van der Waals surface area contributed by atoms with E-state index in [4.69, 9.17) is 0 Å². The van der Waals surface area contributed by atoms with Crippen LogP contribution in [0, 0.1) is 0 Å². The molecule has 0 heterocycles.